The van der Waals surface area contributed by atoms with Crippen molar-refractivity contribution in [1.82, 2.24) is 10.3 Å². The van der Waals surface area contributed by atoms with E-state index in [9.17, 15) is 0 Å². The number of unbranched alkanes of at least 4 members (excludes halogenated alkanes) is 3. The van der Waals surface area contributed by atoms with E-state index < -0.39 is 0 Å². The Morgan fingerprint density at radius 3 is 3.00 bits per heavy atom. The monoisotopic (exact) mass is 224 g/mol. The smallest absolute Gasteiger partial charge is 0.107 e. The summed E-state index contributed by atoms with van der Waals surface area (Å²) in [7, 11) is 0. The first-order chi connectivity index (χ1) is 7.33. The summed E-state index contributed by atoms with van der Waals surface area (Å²) in [6.45, 7) is 7.76. The van der Waals surface area contributed by atoms with Gasteiger partial charge in [0.25, 0.3) is 0 Å². The molecule has 0 aliphatic rings. The summed E-state index contributed by atoms with van der Waals surface area (Å²) in [5.41, 5.74) is 1.13. The maximum atomic E-state index is 4.40. The number of nitrogens with zero attached hydrogens (tertiary/aromatic N) is 1. The molecule has 0 aliphatic carbocycles. The van der Waals surface area contributed by atoms with Gasteiger partial charge in [0.15, 0.2) is 0 Å². The number of aromatic nitrogens is 1. The maximum absolute atomic E-state index is 4.40. The van der Waals surface area contributed by atoms with Crippen molar-refractivity contribution in [2.24, 2.45) is 0 Å². The van der Waals surface area contributed by atoms with E-state index in [2.05, 4.69) is 22.3 Å². The predicted octanol–water partition coefficient (Wildman–Crippen LogP) is 3.29. The molecule has 0 bridgehead atoms. The molecule has 1 rings (SSSR count). The number of rotatable bonds is 8. The molecule has 2 nitrogen and oxygen atoms in total. The van der Waals surface area contributed by atoms with Crippen LogP contribution in [-0.4, -0.2) is 11.5 Å². The number of hydrogen-bond acceptors (Lipinski definition) is 3. The van der Waals surface area contributed by atoms with Gasteiger partial charge in [-0.15, -0.1) is 17.9 Å². The highest BCUT2D eigenvalue weighted by molar-refractivity contribution is 7.09. The zero-order chi connectivity index (χ0) is 10.9. The Bertz CT molecular complexity index is 281. The molecule has 1 aromatic heterocycles. The van der Waals surface area contributed by atoms with Gasteiger partial charge >= 0.3 is 0 Å². The van der Waals surface area contributed by atoms with Crippen molar-refractivity contribution in [3.05, 3.63) is 28.7 Å². The van der Waals surface area contributed by atoms with Gasteiger partial charge < -0.3 is 5.32 Å². The molecule has 0 amide bonds. The lowest BCUT2D eigenvalue weighted by atomic mass is 10.2. The summed E-state index contributed by atoms with van der Waals surface area (Å²) in [5, 5.41) is 6.71. The van der Waals surface area contributed by atoms with Crippen molar-refractivity contribution in [3.8, 4) is 0 Å². The van der Waals surface area contributed by atoms with E-state index in [1.165, 1.54) is 24.3 Å². The molecule has 3 heteroatoms. The fourth-order valence-corrected chi connectivity index (χ4v) is 2.14. The van der Waals surface area contributed by atoms with Crippen LogP contribution in [0.3, 0.4) is 0 Å². The van der Waals surface area contributed by atoms with Crippen LogP contribution in [-0.2, 0) is 6.54 Å². The van der Waals surface area contributed by atoms with Crippen LogP contribution in [0.4, 0.5) is 0 Å². The molecule has 0 spiro atoms. The van der Waals surface area contributed by atoms with E-state index in [0.29, 0.717) is 0 Å². The van der Waals surface area contributed by atoms with Gasteiger partial charge in [-0.2, -0.15) is 0 Å². The predicted molar refractivity (Wildman–Crippen MR) is 67.2 cm³/mol. The second-order valence-electron chi connectivity index (χ2n) is 3.70. The lowest BCUT2D eigenvalue weighted by Gasteiger charge is -2.01. The average Bonchev–Trinajstić information content (AvgIpc) is 2.63. The van der Waals surface area contributed by atoms with Crippen molar-refractivity contribution in [2.75, 3.05) is 6.54 Å². The largest absolute Gasteiger partial charge is 0.310 e. The Hall–Kier alpha value is -0.670. The third kappa shape index (κ3) is 5.70. The molecule has 0 aliphatic heterocycles. The van der Waals surface area contributed by atoms with Crippen LogP contribution in [0.5, 0.6) is 0 Å². The van der Waals surface area contributed by atoms with Gasteiger partial charge in [-0.1, -0.05) is 12.5 Å². The third-order valence-corrected chi connectivity index (χ3v) is 3.17. The number of thiazole rings is 1. The van der Waals surface area contributed by atoms with Crippen LogP contribution >= 0.6 is 11.3 Å². The highest BCUT2D eigenvalue weighted by atomic mass is 32.1. The summed E-state index contributed by atoms with van der Waals surface area (Å²) < 4.78 is 0. The molecule has 0 radical (unpaired) electrons. The van der Waals surface area contributed by atoms with Gasteiger partial charge in [0, 0.05) is 17.6 Å². The minimum absolute atomic E-state index is 0.917. The number of allylic oxidation sites excluding steroid dienone is 1. The first-order valence-corrected chi connectivity index (χ1v) is 6.43. The Balaban J connectivity index is 1.95. The van der Waals surface area contributed by atoms with E-state index in [1.807, 2.05) is 13.0 Å². The highest BCUT2D eigenvalue weighted by Gasteiger charge is 1.96. The molecule has 1 heterocycles. The van der Waals surface area contributed by atoms with Crippen molar-refractivity contribution in [1.29, 1.82) is 0 Å². The second-order valence-corrected chi connectivity index (χ2v) is 4.64. The van der Waals surface area contributed by atoms with Crippen LogP contribution < -0.4 is 5.32 Å². The van der Waals surface area contributed by atoms with Crippen LogP contribution in [0.25, 0.3) is 0 Å². The molecule has 15 heavy (non-hydrogen) atoms. The minimum Gasteiger partial charge on any atom is -0.310 e. The summed E-state index contributed by atoms with van der Waals surface area (Å²) in [6.07, 6.45) is 6.94. The van der Waals surface area contributed by atoms with Crippen LogP contribution in [0.15, 0.2) is 18.0 Å². The molecule has 0 saturated carbocycles. The maximum Gasteiger partial charge on any atom is 0.107 e. The first-order valence-electron chi connectivity index (χ1n) is 5.55. The van der Waals surface area contributed by atoms with Crippen LogP contribution in [0, 0.1) is 6.92 Å². The van der Waals surface area contributed by atoms with Gasteiger partial charge in [0.05, 0.1) is 0 Å². The van der Waals surface area contributed by atoms with E-state index in [4.69, 9.17) is 0 Å². The Kier molecular flexibility index (Phi) is 6.28. The average molecular weight is 224 g/mol. The van der Waals surface area contributed by atoms with E-state index in [0.717, 1.165) is 25.2 Å². The summed E-state index contributed by atoms with van der Waals surface area (Å²) in [6, 6.07) is 0. The zero-order valence-electron chi connectivity index (χ0n) is 9.46. The lowest BCUT2D eigenvalue weighted by molar-refractivity contribution is 0.604. The van der Waals surface area contributed by atoms with Crippen molar-refractivity contribution in [3.63, 3.8) is 0 Å². The Morgan fingerprint density at radius 2 is 2.33 bits per heavy atom. The topological polar surface area (TPSA) is 24.9 Å². The van der Waals surface area contributed by atoms with Crippen molar-refractivity contribution < 1.29 is 0 Å². The van der Waals surface area contributed by atoms with Gasteiger partial charge in [-0.25, -0.2) is 4.98 Å². The van der Waals surface area contributed by atoms with Gasteiger partial charge in [-0.3, -0.25) is 0 Å². The minimum atomic E-state index is 0.917. The van der Waals surface area contributed by atoms with Crippen LogP contribution in [0.1, 0.15) is 36.4 Å². The number of hydrogen-bond donors (Lipinski definition) is 1. The van der Waals surface area contributed by atoms with Gasteiger partial charge in [0.1, 0.15) is 5.01 Å². The second kappa shape index (κ2) is 7.60. The van der Waals surface area contributed by atoms with Gasteiger partial charge in [-0.05, 0) is 32.7 Å². The lowest BCUT2D eigenvalue weighted by Crippen LogP contribution is -2.14. The Morgan fingerprint density at radius 1 is 1.47 bits per heavy atom. The summed E-state index contributed by atoms with van der Waals surface area (Å²) >= 11 is 1.73. The molecule has 0 unspecified atom stereocenters. The van der Waals surface area contributed by atoms with E-state index >= 15 is 0 Å². The van der Waals surface area contributed by atoms with Crippen molar-refractivity contribution in [2.45, 2.75) is 39.2 Å². The molecule has 0 aromatic carbocycles. The fraction of sp³-hybridized carbons (Fsp3) is 0.583. The zero-order valence-corrected chi connectivity index (χ0v) is 10.3. The SMILES string of the molecule is C=CCCCCCNCc1nc(C)cs1. The molecular formula is C12H20N2S. The molecular weight excluding hydrogens is 204 g/mol. The molecule has 0 saturated heterocycles. The third-order valence-electron chi connectivity index (χ3n) is 2.20. The normalized spacial score (nSPS) is 10.5. The van der Waals surface area contributed by atoms with E-state index in [-0.39, 0.29) is 0 Å². The summed E-state index contributed by atoms with van der Waals surface area (Å²) in [5.74, 6) is 0. The van der Waals surface area contributed by atoms with Gasteiger partial charge in [0.2, 0.25) is 0 Å². The Labute approximate surface area is 96.4 Å². The number of nitrogens with one attached hydrogen (secondary N) is 1. The van der Waals surface area contributed by atoms with Crippen molar-refractivity contribution >= 4 is 11.3 Å². The fourth-order valence-electron chi connectivity index (χ4n) is 1.39. The summed E-state index contributed by atoms with van der Waals surface area (Å²) in [4.78, 5) is 4.40. The van der Waals surface area contributed by atoms with E-state index in [1.54, 1.807) is 11.3 Å². The molecule has 1 aromatic rings. The first kappa shape index (κ1) is 12.4. The standard InChI is InChI=1S/C12H20N2S/c1-3-4-5-6-7-8-13-9-12-14-11(2)10-15-12/h3,10,13H,1,4-9H2,2H3. The molecule has 0 fully saturated rings. The highest BCUT2D eigenvalue weighted by Crippen LogP contribution is 2.07. The van der Waals surface area contributed by atoms with Crippen LogP contribution in [0.2, 0.25) is 0 Å². The number of aryl methyl sites for hydroxylation is 1. The quantitative estimate of drug-likeness (QED) is 0.541. The molecule has 0 atom stereocenters. The molecule has 84 valence electrons. The molecule has 1 N–H and O–H groups in total.